The van der Waals surface area contributed by atoms with E-state index in [1.807, 2.05) is 0 Å². The number of hydrogen-bond donors (Lipinski definition) is 0. The summed E-state index contributed by atoms with van der Waals surface area (Å²) in [7, 11) is 3.45. The van der Waals surface area contributed by atoms with Crippen molar-refractivity contribution in [2.24, 2.45) is 4.99 Å². The highest BCUT2D eigenvalue weighted by atomic mass is 19.4. The fraction of sp³-hybridized carbons (Fsp3) is 0.222. The second-order valence-electron chi connectivity index (χ2n) is 6.12. The number of hydrogen-bond acceptors (Lipinski definition) is 3. The van der Waals surface area contributed by atoms with Gasteiger partial charge in [0, 0.05) is 25.9 Å². The molecule has 27 heavy (non-hydrogen) atoms. The van der Waals surface area contributed by atoms with E-state index in [1.54, 1.807) is 38.1 Å². The summed E-state index contributed by atoms with van der Waals surface area (Å²) >= 11 is 0. The van der Waals surface area contributed by atoms with Gasteiger partial charge in [-0.05, 0) is 25.1 Å². The Kier molecular flexibility index (Phi) is 4.69. The number of aliphatic imine (C=N–C) groups is 1. The molecule has 0 saturated carbocycles. The quantitative estimate of drug-likeness (QED) is 0.520. The monoisotopic (exact) mass is 375 g/mol. The van der Waals surface area contributed by atoms with Crippen LogP contribution in [0.15, 0.2) is 41.5 Å². The van der Waals surface area contributed by atoms with Crippen molar-refractivity contribution in [3.05, 3.63) is 53.3 Å². The topological polar surface area (TPSA) is 62.9 Å². The van der Waals surface area contributed by atoms with Crippen molar-refractivity contribution in [3.8, 4) is 11.3 Å². The largest absolute Gasteiger partial charge is 0.416 e. The van der Waals surface area contributed by atoms with Gasteiger partial charge < -0.3 is 4.90 Å². The molecule has 0 spiro atoms. The van der Waals surface area contributed by atoms with Crippen molar-refractivity contribution in [3.63, 3.8) is 0 Å². The zero-order chi connectivity index (χ0) is 19.8. The number of nitrogens with zero attached hydrogens (tertiary/aromatic N) is 5. The van der Waals surface area contributed by atoms with E-state index >= 15 is 0 Å². The molecule has 0 saturated heterocycles. The van der Waals surface area contributed by atoms with Crippen LogP contribution in [0.5, 0.6) is 0 Å². The molecule has 0 aliphatic rings. The molecule has 0 atom stereocenters. The Hall–Kier alpha value is -3.23. The SMILES string of the molecule is Cc1nn2c(-c3cccc(C(F)(F)F)c3)ccnc2c1C(=O)/N=C/N(C)C. The fourth-order valence-corrected chi connectivity index (χ4v) is 2.61. The average molecular weight is 375 g/mol. The Labute approximate surface area is 153 Å². The van der Waals surface area contributed by atoms with Crippen molar-refractivity contribution in [2.75, 3.05) is 14.1 Å². The van der Waals surface area contributed by atoms with E-state index in [0.29, 0.717) is 17.0 Å². The van der Waals surface area contributed by atoms with E-state index in [0.717, 1.165) is 12.1 Å². The molecule has 1 amide bonds. The number of fused-ring (bicyclic) bond motifs is 1. The van der Waals surface area contributed by atoms with Crippen LogP contribution in [-0.4, -0.2) is 45.8 Å². The summed E-state index contributed by atoms with van der Waals surface area (Å²) in [5.74, 6) is -0.523. The first-order chi connectivity index (χ1) is 12.7. The minimum Gasteiger partial charge on any atom is -0.369 e. The van der Waals surface area contributed by atoms with Crippen LogP contribution < -0.4 is 0 Å². The summed E-state index contributed by atoms with van der Waals surface area (Å²) in [5, 5.41) is 4.29. The molecule has 2 aromatic heterocycles. The zero-order valence-corrected chi connectivity index (χ0v) is 14.8. The van der Waals surface area contributed by atoms with Crippen molar-refractivity contribution in [1.29, 1.82) is 0 Å². The maximum Gasteiger partial charge on any atom is 0.416 e. The third-order valence-corrected chi connectivity index (χ3v) is 3.80. The summed E-state index contributed by atoms with van der Waals surface area (Å²) in [4.78, 5) is 22.0. The number of alkyl halides is 3. The van der Waals surface area contributed by atoms with Crippen LogP contribution in [0.25, 0.3) is 16.9 Å². The van der Waals surface area contributed by atoms with Gasteiger partial charge in [0.05, 0.1) is 23.3 Å². The minimum absolute atomic E-state index is 0.210. The Morgan fingerprint density at radius 1 is 1.26 bits per heavy atom. The average Bonchev–Trinajstić information content (AvgIpc) is 2.94. The molecule has 3 aromatic rings. The molecule has 0 aliphatic heterocycles. The molecule has 0 unspecified atom stereocenters. The number of benzene rings is 1. The molecule has 3 rings (SSSR count). The zero-order valence-electron chi connectivity index (χ0n) is 14.8. The molecule has 0 aliphatic carbocycles. The number of halogens is 3. The molecule has 0 fully saturated rings. The molecule has 0 bridgehead atoms. The Morgan fingerprint density at radius 2 is 2.00 bits per heavy atom. The third-order valence-electron chi connectivity index (χ3n) is 3.80. The van der Waals surface area contributed by atoms with Crippen LogP contribution >= 0.6 is 0 Å². The summed E-state index contributed by atoms with van der Waals surface area (Å²) in [5.41, 5.74) is 0.786. The first-order valence-corrected chi connectivity index (χ1v) is 7.95. The summed E-state index contributed by atoms with van der Waals surface area (Å²) < 4.78 is 40.4. The number of carbonyl (C=O) groups excluding carboxylic acids is 1. The Morgan fingerprint density at radius 3 is 2.67 bits per heavy atom. The highest BCUT2D eigenvalue weighted by Crippen LogP contribution is 2.32. The lowest BCUT2D eigenvalue weighted by atomic mass is 10.1. The smallest absolute Gasteiger partial charge is 0.369 e. The van der Waals surface area contributed by atoms with E-state index in [2.05, 4.69) is 15.1 Å². The molecular formula is C18H16F3N5O. The van der Waals surface area contributed by atoms with Gasteiger partial charge in [0.1, 0.15) is 5.56 Å². The summed E-state index contributed by atoms with van der Waals surface area (Å²) in [6.07, 6.45) is -1.66. The molecular weight excluding hydrogens is 359 g/mol. The van der Waals surface area contributed by atoms with Crippen molar-refractivity contribution in [1.82, 2.24) is 19.5 Å². The van der Waals surface area contributed by atoms with Gasteiger partial charge in [0.2, 0.25) is 0 Å². The first kappa shape index (κ1) is 18.6. The van der Waals surface area contributed by atoms with Crippen molar-refractivity contribution < 1.29 is 18.0 Å². The third kappa shape index (κ3) is 3.67. The predicted octanol–water partition coefficient (Wildman–Crippen LogP) is 3.45. The van der Waals surface area contributed by atoms with Gasteiger partial charge in [-0.15, -0.1) is 0 Å². The molecule has 0 radical (unpaired) electrons. The number of amides is 1. The number of carbonyl (C=O) groups is 1. The summed E-state index contributed by atoms with van der Waals surface area (Å²) in [6, 6.07) is 6.46. The molecule has 0 N–H and O–H groups in total. The molecule has 140 valence electrons. The minimum atomic E-state index is -4.45. The predicted molar refractivity (Wildman–Crippen MR) is 94.7 cm³/mol. The van der Waals surface area contributed by atoms with Crippen LogP contribution in [-0.2, 0) is 6.18 Å². The van der Waals surface area contributed by atoms with Crippen LogP contribution in [0.1, 0.15) is 21.6 Å². The first-order valence-electron chi connectivity index (χ1n) is 7.95. The lowest BCUT2D eigenvalue weighted by molar-refractivity contribution is -0.137. The molecule has 6 nitrogen and oxygen atoms in total. The van der Waals surface area contributed by atoms with E-state index in [4.69, 9.17) is 0 Å². The highest BCUT2D eigenvalue weighted by molar-refractivity contribution is 6.04. The van der Waals surface area contributed by atoms with E-state index in [9.17, 15) is 18.0 Å². The van der Waals surface area contributed by atoms with Crippen LogP contribution in [0, 0.1) is 6.92 Å². The van der Waals surface area contributed by atoms with Crippen LogP contribution in [0.3, 0.4) is 0 Å². The second kappa shape index (κ2) is 6.82. The Balaban J connectivity index is 2.15. The Bertz CT molecular complexity index is 1040. The normalized spacial score (nSPS) is 12.1. The van der Waals surface area contributed by atoms with Gasteiger partial charge in [0.15, 0.2) is 5.65 Å². The van der Waals surface area contributed by atoms with E-state index in [-0.39, 0.29) is 11.2 Å². The fourth-order valence-electron chi connectivity index (χ4n) is 2.61. The van der Waals surface area contributed by atoms with E-state index in [1.165, 1.54) is 23.1 Å². The molecule has 1 aromatic carbocycles. The maximum absolute atomic E-state index is 13.0. The highest BCUT2D eigenvalue weighted by Gasteiger charge is 2.30. The second-order valence-corrected chi connectivity index (χ2v) is 6.12. The van der Waals surface area contributed by atoms with Gasteiger partial charge in [-0.25, -0.2) is 9.50 Å². The molecule has 2 heterocycles. The van der Waals surface area contributed by atoms with Gasteiger partial charge in [-0.2, -0.15) is 23.3 Å². The molecule has 9 heteroatoms. The van der Waals surface area contributed by atoms with Gasteiger partial charge >= 0.3 is 6.18 Å². The van der Waals surface area contributed by atoms with Gasteiger partial charge in [0.25, 0.3) is 5.91 Å². The van der Waals surface area contributed by atoms with E-state index < -0.39 is 17.6 Å². The maximum atomic E-state index is 13.0. The lowest BCUT2D eigenvalue weighted by Crippen LogP contribution is -2.10. The van der Waals surface area contributed by atoms with Crippen molar-refractivity contribution >= 4 is 17.9 Å². The standard InChI is InChI=1S/C18H16F3N5O/c1-11-15(17(27)23-10-25(2)3)16-22-8-7-14(26(16)24-11)12-5-4-6-13(9-12)18(19,20)21/h4-10H,1-3H3/b23-10+. The lowest BCUT2D eigenvalue weighted by Gasteiger charge is -2.09. The van der Waals surface area contributed by atoms with Gasteiger partial charge in [-0.3, -0.25) is 4.79 Å². The van der Waals surface area contributed by atoms with Crippen LogP contribution in [0.4, 0.5) is 13.2 Å². The van der Waals surface area contributed by atoms with Crippen LogP contribution in [0.2, 0.25) is 0 Å². The number of rotatable bonds is 3. The number of aromatic nitrogens is 3. The van der Waals surface area contributed by atoms with Gasteiger partial charge in [-0.1, -0.05) is 12.1 Å². The van der Waals surface area contributed by atoms with Crippen molar-refractivity contribution in [2.45, 2.75) is 13.1 Å². The number of aryl methyl sites for hydroxylation is 1. The summed E-state index contributed by atoms with van der Waals surface area (Å²) in [6.45, 7) is 1.63.